The van der Waals surface area contributed by atoms with Crippen LogP contribution >= 0.6 is 81.2 Å². The van der Waals surface area contributed by atoms with Crippen molar-refractivity contribution in [3.05, 3.63) is 166 Å². The smallest absolute Gasteiger partial charge is 0.354 e. The number of carbonyl (C=O) groups is 6. The third-order valence-corrected chi connectivity index (χ3v) is 21.3. The summed E-state index contributed by atoms with van der Waals surface area (Å²) in [5, 5.41) is 9.21. The molecule has 36 heteroatoms. The highest BCUT2D eigenvalue weighted by atomic mass is 35.5. The number of fused-ring (bicyclic) bond motifs is 1. The predicted octanol–water partition coefficient (Wildman–Crippen LogP) is 11.3. The number of imidazole rings is 1. The second kappa shape index (κ2) is 44.5. The number of nitrogens with zero attached hydrogens (tertiary/aromatic N) is 7. The molecule has 2 aromatic heterocycles. The number of esters is 6. The summed E-state index contributed by atoms with van der Waals surface area (Å²) in [6.45, 7) is 17.0. The number of carbonyl (C=O) groups excluding carboxylic acids is 6. The van der Waals surface area contributed by atoms with Gasteiger partial charge in [-0.25, -0.2) is 38.4 Å². The maximum Gasteiger partial charge on any atom is 0.354 e. The molecule has 0 amide bonds. The molecule has 10 atom stereocenters. The van der Waals surface area contributed by atoms with Gasteiger partial charge in [-0.05, 0) is 97.7 Å². The summed E-state index contributed by atoms with van der Waals surface area (Å²) in [7, 11) is 1.76. The Hall–Kier alpha value is -10.1. The molecule has 14 rings (SSSR count). The summed E-state index contributed by atoms with van der Waals surface area (Å²) >= 11 is 41.8. The number of para-hydroxylation sites is 4. The number of morpholine rings is 1. The number of benzene rings is 3. The van der Waals surface area contributed by atoms with Gasteiger partial charge in [-0.3, -0.25) is 14.0 Å². The minimum Gasteiger partial charge on any atom is -0.435 e. The Morgan fingerprint density at radius 3 is 1.52 bits per heavy atom. The minimum absolute atomic E-state index is 0.00106. The van der Waals surface area contributed by atoms with Crippen molar-refractivity contribution < 1.29 is 85.6 Å². The molecule has 10 heterocycles. The fourth-order valence-electron chi connectivity index (χ4n) is 13.8. The first-order valence-electron chi connectivity index (χ1n) is 37.6. The van der Waals surface area contributed by atoms with Gasteiger partial charge in [0.1, 0.15) is 78.6 Å². The number of hydrogen-bond acceptors (Lipinski definition) is 26. The number of piperazine rings is 1. The minimum atomic E-state index is -1.09. The molecule has 120 heavy (non-hydrogen) atoms. The van der Waals surface area contributed by atoms with E-state index in [1.54, 1.807) is 29.5 Å². The van der Waals surface area contributed by atoms with E-state index in [0.717, 1.165) is 42.7 Å². The molecule has 3 N–H and O–H groups in total. The van der Waals surface area contributed by atoms with E-state index in [9.17, 15) is 33.6 Å². The zero-order chi connectivity index (χ0) is 87.2. The van der Waals surface area contributed by atoms with Crippen LogP contribution in [0.1, 0.15) is 79.3 Å². The van der Waals surface area contributed by atoms with E-state index >= 15 is 0 Å². The number of alkyl halides is 1. The van der Waals surface area contributed by atoms with Gasteiger partial charge in [0.2, 0.25) is 37.0 Å². The molecule has 0 bridgehead atoms. The van der Waals surface area contributed by atoms with Gasteiger partial charge in [-0.15, -0.1) is 32.1 Å². The first kappa shape index (κ1) is 93.8. The van der Waals surface area contributed by atoms with Crippen LogP contribution in [0.25, 0.3) is 22.4 Å². The fraction of sp³-hybridized carbons (Fsp3) is 0.405. The Morgan fingerprint density at radius 2 is 0.983 bits per heavy atom. The van der Waals surface area contributed by atoms with Gasteiger partial charge in [-0.1, -0.05) is 179 Å². The quantitative estimate of drug-likeness (QED) is 0.0266. The van der Waals surface area contributed by atoms with Crippen molar-refractivity contribution in [1.82, 2.24) is 38.9 Å². The lowest BCUT2D eigenvalue weighted by Gasteiger charge is -2.42. The molecule has 8 aliphatic heterocycles. The van der Waals surface area contributed by atoms with E-state index in [1.807, 2.05) is 104 Å². The monoisotopic (exact) mass is 1780 g/mol. The largest absolute Gasteiger partial charge is 0.435 e. The van der Waals surface area contributed by atoms with E-state index < -0.39 is 72.8 Å². The number of rotatable bonds is 21. The van der Waals surface area contributed by atoms with E-state index in [1.165, 1.54) is 23.9 Å². The van der Waals surface area contributed by atoms with Gasteiger partial charge in [0.05, 0.1) is 40.3 Å². The van der Waals surface area contributed by atoms with Gasteiger partial charge >= 0.3 is 35.8 Å². The molecular formula is C84H87Cl7N10O19. The van der Waals surface area contributed by atoms with Crippen LogP contribution in [0.5, 0.6) is 0 Å². The number of aromatic nitrogens is 4. The standard InChI is InChI=1S/C18H16ClN3O4.C16H22ClNO3.C14H9ClN2O3.C13H17ClN2O3.C13H16ClNO4.C10H7Cl2NO2/c1-4-10-25-18-15(13(19)17(24)26-18)20-14-11(2)21(3)22(16(14)23)12-8-6-5-7-9-12;1-4-10-20-16-14(13(17)15(19)21-16)18(11(2)3)12-8-6-5-7-9-12;1-2-7-19-14-12(11(15)13(18)20-14)17-8-16-9-5-3-4-6-10(9)17;1-4-5-18-13-11(10(14)12(17)19-13)16-8(2)6-15-7-9(16)3;1-4-5-17-13-11(10(14)12(16)19-13)15-6-8(2)18-9(3)7-15;11-7-8(9(12)15-10(7)14)13-6-4-2-1-3-5-6/h1,5-9,18,20H,10H2,2-3H3;1,11-12,16H,5-10H2,2-3H3;1,3-6,8,14H,7H2;1,8-9,13,15H,5-7H2,2-3H3;1,8-9,13H,5-7H2,2-3H3;1-5,9,13H. The van der Waals surface area contributed by atoms with Crippen molar-refractivity contribution in [1.29, 1.82) is 0 Å². The summed E-state index contributed by atoms with van der Waals surface area (Å²) in [4.78, 5) is 92.8. The summed E-state index contributed by atoms with van der Waals surface area (Å²) in [5.41, 5.74) is 5.54. The second-order valence-electron chi connectivity index (χ2n) is 27.6. The Kier molecular flexibility index (Phi) is 34.8. The van der Waals surface area contributed by atoms with E-state index in [4.69, 9.17) is 170 Å². The van der Waals surface area contributed by atoms with Crippen LogP contribution < -0.4 is 21.5 Å². The average molecular weight is 1790 g/mol. The maximum atomic E-state index is 12.9. The number of nitrogens with one attached hydrogen (secondary N) is 3. The van der Waals surface area contributed by atoms with E-state index in [2.05, 4.69) is 88.0 Å². The number of hydrogen-bond donors (Lipinski definition) is 3. The number of halogens is 7. The molecule has 3 fully saturated rings. The van der Waals surface area contributed by atoms with Crippen molar-refractivity contribution >= 4 is 145 Å². The zero-order valence-electron chi connectivity index (χ0n) is 66.4. The molecule has 3 aromatic carbocycles. The third kappa shape index (κ3) is 23.0. The predicted molar refractivity (Wildman–Crippen MR) is 451 cm³/mol. The third-order valence-electron chi connectivity index (χ3n) is 18.9. The van der Waals surface area contributed by atoms with Gasteiger partial charge in [-0.2, -0.15) is 0 Å². The molecule has 1 saturated carbocycles. The molecule has 0 spiro atoms. The lowest BCUT2D eigenvalue weighted by atomic mass is 9.93. The second-order valence-corrected chi connectivity index (χ2v) is 30.3. The summed E-state index contributed by atoms with van der Waals surface area (Å²) in [6, 6.07) is 26.9. The number of ether oxygens (including phenoxy) is 12. The first-order chi connectivity index (χ1) is 57.5. The van der Waals surface area contributed by atoms with Crippen molar-refractivity contribution in [2.24, 2.45) is 7.05 Å². The molecule has 1 aliphatic carbocycles. The Labute approximate surface area is 729 Å². The van der Waals surface area contributed by atoms with Crippen LogP contribution in [-0.2, 0) is 92.7 Å². The van der Waals surface area contributed by atoms with Gasteiger partial charge in [0.25, 0.3) is 5.56 Å². The summed E-state index contributed by atoms with van der Waals surface area (Å²) in [6.07, 6.45) is 28.9. The van der Waals surface area contributed by atoms with Crippen molar-refractivity contribution in [2.45, 2.75) is 154 Å². The van der Waals surface area contributed by atoms with Crippen LogP contribution in [0.4, 0.5) is 11.4 Å². The molecule has 2 saturated heterocycles. The normalized spacial score (nSPS) is 23.2. The molecule has 5 aromatic rings. The van der Waals surface area contributed by atoms with Crippen LogP contribution in [0.2, 0.25) is 0 Å². The number of terminal acetylenes is 5. The molecule has 10 unspecified atom stereocenters. The Balaban J connectivity index is 0.000000165. The molecular weight excluding hydrogens is 1700 g/mol. The van der Waals surface area contributed by atoms with Crippen LogP contribution in [-0.4, -0.2) is 202 Å². The van der Waals surface area contributed by atoms with Crippen molar-refractivity contribution in [3.63, 3.8) is 0 Å². The van der Waals surface area contributed by atoms with Gasteiger partial charge in [0, 0.05) is 63.1 Å². The Bertz CT molecular complexity index is 5060. The van der Waals surface area contributed by atoms with Gasteiger partial charge in [0.15, 0.2) is 25.2 Å². The van der Waals surface area contributed by atoms with E-state index in [-0.39, 0.29) is 111 Å². The fourth-order valence-corrected chi connectivity index (χ4v) is 15.4. The number of cyclic esters (lactones) is 6. The van der Waals surface area contributed by atoms with Crippen LogP contribution in [0, 0.1) is 68.6 Å². The SMILES string of the molecule is C#CCOC1OC(=O)C(Cl)=C1N(C(C)C)C1CCCCC1.C#CCOC1OC(=O)C(Cl)=C1N1C(C)CNCC1C.C#CCOC1OC(=O)C(Cl)=C1N1CC(C)OC(C)C1.C#CCOC1OC(=O)C(Cl)=C1Nc1c(C)n(C)n(-c2ccccc2)c1=O.C#CCOC1OC(=O)C(Cl)=C1n1cnc2ccccc21.O=C1OC(Cl)C(Nc2ccccc2)=C1Cl. The highest BCUT2D eigenvalue weighted by Crippen LogP contribution is 2.39. The Morgan fingerprint density at radius 1 is 0.542 bits per heavy atom. The highest BCUT2D eigenvalue weighted by molar-refractivity contribution is 6.46. The molecule has 636 valence electrons. The average Bonchev–Trinajstić information content (AvgIpc) is 1.62. The number of anilines is 2. The van der Waals surface area contributed by atoms with Crippen LogP contribution in [0.3, 0.4) is 0 Å². The summed E-state index contributed by atoms with van der Waals surface area (Å²) < 4.78 is 67.4. The zero-order valence-corrected chi connectivity index (χ0v) is 71.7. The maximum absolute atomic E-state index is 12.9. The first-order valence-corrected chi connectivity index (χ1v) is 40.3. The molecule has 9 aliphatic rings. The topological polar surface area (TPSA) is 304 Å². The van der Waals surface area contributed by atoms with E-state index in [0.29, 0.717) is 59.0 Å². The van der Waals surface area contributed by atoms with Crippen molar-refractivity contribution in [2.75, 3.05) is 69.8 Å². The van der Waals surface area contributed by atoms with Gasteiger partial charge < -0.3 is 87.5 Å². The lowest BCUT2D eigenvalue weighted by Crippen LogP contribution is -2.55. The van der Waals surface area contributed by atoms with Crippen molar-refractivity contribution in [3.8, 4) is 67.4 Å². The summed E-state index contributed by atoms with van der Waals surface area (Å²) in [5.74, 6) is 8.06. The lowest BCUT2D eigenvalue weighted by molar-refractivity contribution is -0.162. The van der Waals surface area contributed by atoms with Crippen LogP contribution in [0.15, 0.2) is 155 Å². The molecule has 29 nitrogen and oxygen atoms in total. The molecule has 0 radical (unpaired) electrons. The highest BCUT2D eigenvalue weighted by Gasteiger charge is 2.45.